The summed E-state index contributed by atoms with van der Waals surface area (Å²) in [5.74, 6) is -0.118. The van der Waals surface area contributed by atoms with Crippen molar-refractivity contribution in [1.82, 2.24) is 20.9 Å². The summed E-state index contributed by atoms with van der Waals surface area (Å²) in [5, 5.41) is 8.61. The van der Waals surface area contributed by atoms with Gasteiger partial charge in [0, 0.05) is 18.9 Å². The first-order chi connectivity index (χ1) is 12.2. The molecule has 2 heterocycles. The van der Waals surface area contributed by atoms with Crippen molar-refractivity contribution in [3.8, 4) is 0 Å². The number of pyridine rings is 1. The van der Waals surface area contributed by atoms with Crippen molar-refractivity contribution in [3.63, 3.8) is 0 Å². The fourth-order valence-electron chi connectivity index (χ4n) is 2.97. The molecular formula is C19H22N4O2. The molecule has 2 atom stereocenters. The van der Waals surface area contributed by atoms with Crippen LogP contribution in [0.3, 0.4) is 0 Å². The molecular weight excluding hydrogens is 316 g/mol. The van der Waals surface area contributed by atoms with Crippen LogP contribution >= 0.6 is 0 Å². The maximum atomic E-state index is 12.5. The lowest BCUT2D eigenvalue weighted by Gasteiger charge is -2.22. The van der Waals surface area contributed by atoms with Crippen LogP contribution in [0.1, 0.15) is 36.4 Å². The number of nitrogens with one attached hydrogen (secondary N) is 3. The summed E-state index contributed by atoms with van der Waals surface area (Å²) >= 11 is 0. The van der Waals surface area contributed by atoms with Crippen molar-refractivity contribution < 1.29 is 9.59 Å². The molecule has 2 aromatic rings. The molecule has 1 aromatic heterocycles. The molecule has 1 fully saturated rings. The van der Waals surface area contributed by atoms with Crippen LogP contribution in [0, 0.1) is 0 Å². The quantitative estimate of drug-likeness (QED) is 0.799. The molecule has 3 rings (SSSR count). The molecule has 130 valence electrons. The van der Waals surface area contributed by atoms with Gasteiger partial charge in [-0.05, 0) is 42.5 Å². The molecule has 1 aromatic carbocycles. The molecule has 25 heavy (non-hydrogen) atoms. The third-order valence-electron chi connectivity index (χ3n) is 4.29. The number of hydrogen-bond donors (Lipinski definition) is 3. The van der Waals surface area contributed by atoms with Gasteiger partial charge in [0.2, 0.25) is 5.91 Å². The lowest BCUT2D eigenvalue weighted by atomic mass is 10.00. The van der Waals surface area contributed by atoms with E-state index in [4.69, 9.17) is 0 Å². The Bertz CT molecular complexity index is 666. The van der Waals surface area contributed by atoms with E-state index < -0.39 is 6.04 Å². The predicted molar refractivity (Wildman–Crippen MR) is 94.8 cm³/mol. The van der Waals surface area contributed by atoms with Gasteiger partial charge in [-0.25, -0.2) is 4.79 Å². The molecule has 1 aliphatic rings. The predicted octanol–water partition coefficient (Wildman–Crippen LogP) is 2.14. The highest BCUT2D eigenvalue weighted by molar-refractivity contribution is 5.87. The average molecular weight is 338 g/mol. The fraction of sp³-hybridized carbons (Fsp3) is 0.316. The number of hydrogen-bond acceptors (Lipinski definition) is 3. The highest BCUT2D eigenvalue weighted by Crippen LogP contribution is 2.21. The zero-order valence-electron chi connectivity index (χ0n) is 13.9. The molecule has 0 bridgehead atoms. The van der Waals surface area contributed by atoms with Gasteiger partial charge >= 0.3 is 6.03 Å². The molecule has 6 nitrogen and oxygen atoms in total. The first kappa shape index (κ1) is 17.0. The second-order valence-electron chi connectivity index (χ2n) is 6.08. The van der Waals surface area contributed by atoms with Crippen LogP contribution in [-0.4, -0.2) is 29.5 Å². The molecule has 0 unspecified atom stereocenters. The maximum Gasteiger partial charge on any atom is 0.316 e. The summed E-state index contributed by atoms with van der Waals surface area (Å²) in [6.07, 6.45) is 5.91. The number of carbonyl (C=O) groups excluding carboxylic acids is 2. The van der Waals surface area contributed by atoms with E-state index in [0.29, 0.717) is 13.0 Å². The van der Waals surface area contributed by atoms with Gasteiger partial charge in [-0.3, -0.25) is 9.78 Å². The molecule has 0 spiro atoms. The Labute approximate surface area is 147 Å². The van der Waals surface area contributed by atoms with Crippen LogP contribution in [0.15, 0.2) is 54.9 Å². The molecule has 1 aliphatic heterocycles. The maximum absolute atomic E-state index is 12.5. The summed E-state index contributed by atoms with van der Waals surface area (Å²) in [4.78, 5) is 28.6. The monoisotopic (exact) mass is 338 g/mol. The number of rotatable bonds is 4. The van der Waals surface area contributed by atoms with Crippen LogP contribution in [-0.2, 0) is 4.79 Å². The van der Waals surface area contributed by atoms with Gasteiger partial charge in [-0.1, -0.05) is 30.3 Å². The van der Waals surface area contributed by atoms with Gasteiger partial charge in [0.25, 0.3) is 0 Å². The normalized spacial score (nSPS) is 18.6. The van der Waals surface area contributed by atoms with Crippen LogP contribution in [0.2, 0.25) is 0 Å². The smallest absolute Gasteiger partial charge is 0.316 e. The molecule has 0 radical (unpaired) electrons. The molecule has 6 heteroatoms. The Morgan fingerprint density at radius 2 is 1.80 bits per heavy atom. The third-order valence-corrected chi connectivity index (χ3v) is 4.29. The molecule has 0 aliphatic carbocycles. The fourth-order valence-corrected chi connectivity index (χ4v) is 2.97. The third kappa shape index (κ3) is 4.56. The number of nitrogens with zero attached hydrogens (tertiary/aromatic N) is 1. The summed E-state index contributed by atoms with van der Waals surface area (Å²) in [5.41, 5.74) is 1.90. The number of benzene rings is 1. The minimum Gasteiger partial charge on any atom is -0.354 e. The zero-order chi connectivity index (χ0) is 17.5. The van der Waals surface area contributed by atoms with E-state index in [2.05, 4.69) is 20.9 Å². The highest BCUT2D eigenvalue weighted by Gasteiger charge is 2.24. The SMILES string of the molecule is O=C(N[C@H](c1ccccc1)c1ccncc1)N[C@@H]1CCCCNC1=O. The second kappa shape index (κ2) is 8.28. The summed E-state index contributed by atoms with van der Waals surface area (Å²) in [7, 11) is 0. The highest BCUT2D eigenvalue weighted by atomic mass is 16.2. The average Bonchev–Trinajstić information content (AvgIpc) is 2.86. The Kier molecular flexibility index (Phi) is 5.61. The van der Waals surface area contributed by atoms with Gasteiger partial charge in [-0.2, -0.15) is 0 Å². The lowest BCUT2D eigenvalue weighted by molar-refractivity contribution is -0.122. The summed E-state index contributed by atoms with van der Waals surface area (Å²) in [6, 6.07) is 12.3. The molecule has 1 saturated heterocycles. The van der Waals surface area contributed by atoms with E-state index in [1.54, 1.807) is 12.4 Å². The van der Waals surface area contributed by atoms with Crippen LogP contribution in [0.5, 0.6) is 0 Å². The number of carbonyl (C=O) groups is 2. The van der Waals surface area contributed by atoms with Gasteiger partial charge in [0.05, 0.1) is 6.04 Å². The Morgan fingerprint density at radius 1 is 1.08 bits per heavy atom. The van der Waals surface area contributed by atoms with Crippen LogP contribution in [0.25, 0.3) is 0 Å². The van der Waals surface area contributed by atoms with Crippen molar-refractivity contribution in [1.29, 1.82) is 0 Å². The zero-order valence-corrected chi connectivity index (χ0v) is 13.9. The molecule has 3 amide bonds. The van der Waals surface area contributed by atoms with Gasteiger partial charge < -0.3 is 16.0 Å². The Hall–Kier alpha value is -2.89. The lowest BCUT2D eigenvalue weighted by Crippen LogP contribution is -2.49. The van der Waals surface area contributed by atoms with Crippen molar-refractivity contribution in [2.75, 3.05) is 6.54 Å². The van der Waals surface area contributed by atoms with Crippen molar-refractivity contribution in [2.45, 2.75) is 31.3 Å². The van der Waals surface area contributed by atoms with Crippen molar-refractivity contribution in [2.24, 2.45) is 0 Å². The standard InChI is InChI=1S/C19H22N4O2/c24-18-16(8-4-5-11-21-18)22-19(25)23-17(14-6-2-1-3-7-14)15-9-12-20-13-10-15/h1-3,6-7,9-10,12-13,16-17H,4-5,8,11H2,(H,21,24)(H2,22,23,25)/t16-,17-/m1/s1. The topological polar surface area (TPSA) is 83.1 Å². The number of urea groups is 1. The van der Waals surface area contributed by atoms with E-state index >= 15 is 0 Å². The number of amides is 3. The second-order valence-corrected chi connectivity index (χ2v) is 6.08. The number of aromatic nitrogens is 1. The largest absolute Gasteiger partial charge is 0.354 e. The van der Waals surface area contributed by atoms with E-state index in [-0.39, 0.29) is 18.0 Å². The van der Waals surface area contributed by atoms with Gasteiger partial charge in [0.1, 0.15) is 6.04 Å². The van der Waals surface area contributed by atoms with E-state index in [9.17, 15) is 9.59 Å². The molecule has 0 saturated carbocycles. The van der Waals surface area contributed by atoms with E-state index in [0.717, 1.165) is 24.0 Å². The first-order valence-corrected chi connectivity index (χ1v) is 8.53. The first-order valence-electron chi connectivity index (χ1n) is 8.53. The van der Waals surface area contributed by atoms with Gasteiger partial charge in [0.15, 0.2) is 0 Å². The van der Waals surface area contributed by atoms with Gasteiger partial charge in [-0.15, -0.1) is 0 Å². The van der Waals surface area contributed by atoms with Crippen LogP contribution in [0.4, 0.5) is 4.79 Å². The Balaban J connectivity index is 1.74. The Morgan fingerprint density at radius 3 is 2.56 bits per heavy atom. The molecule has 3 N–H and O–H groups in total. The minimum atomic E-state index is -0.489. The van der Waals surface area contributed by atoms with Crippen molar-refractivity contribution in [3.05, 3.63) is 66.0 Å². The summed E-state index contributed by atoms with van der Waals surface area (Å²) < 4.78 is 0. The van der Waals surface area contributed by atoms with Crippen LogP contribution < -0.4 is 16.0 Å². The summed E-state index contributed by atoms with van der Waals surface area (Å²) in [6.45, 7) is 0.669. The van der Waals surface area contributed by atoms with E-state index in [1.165, 1.54) is 0 Å². The van der Waals surface area contributed by atoms with E-state index in [1.807, 2.05) is 42.5 Å². The minimum absolute atomic E-state index is 0.118. The van der Waals surface area contributed by atoms with Crippen molar-refractivity contribution >= 4 is 11.9 Å².